The van der Waals surface area contributed by atoms with E-state index in [1.165, 1.54) is 26.1 Å². The van der Waals surface area contributed by atoms with Gasteiger partial charge in [-0.25, -0.2) is 0 Å². The molecule has 1 aliphatic heterocycles. The lowest BCUT2D eigenvalue weighted by atomic mass is 10.1. The van der Waals surface area contributed by atoms with E-state index in [4.69, 9.17) is 5.11 Å². The number of hydrogen-bond acceptors (Lipinski definition) is 2. The Bertz CT molecular complexity index is 145. The molecular formula is C10H19NO. The SMILES string of the molecule is CCN1CCC(/C=C\CCO)C1. The van der Waals surface area contributed by atoms with Crippen LogP contribution in [0, 0.1) is 5.92 Å². The van der Waals surface area contributed by atoms with E-state index in [1.807, 2.05) is 0 Å². The molecule has 0 aliphatic carbocycles. The predicted octanol–water partition coefficient (Wildman–Crippen LogP) is 1.27. The third kappa shape index (κ3) is 2.95. The Hall–Kier alpha value is -0.340. The van der Waals surface area contributed by atoms with Crippen LogP contribution < -0.4 is 0 Å². The minimum Gasteiger partial charge on any atom is -0.396 e. The fourth-order valence-electron chi connectivity index (χ4n) is 1.67. The topological polar surface area (TPSA) is 23.5 Å². The van der Waals surface area contributed by atoms with E-state index in [0.717, 1.165) is 12.3 Å². The highest BCUT2D eigenvalue weighted by atomic mass is 16.2. The number of aliphatic hydroxyl groups is 1. The molecule has 1 aliphatic rings. The molecule has 0 spiro atoms. The van der Waals surface area contributed by atoms with Crippen LogP contribution in [0.15, 0.2) is 12.2 Å². The Morgan fingerprint density at radius 1 is 1.58 bits per heavy atom. The fourth-order valence-corrected chi connectivity index (χ4v) is 1.67. The molecule has 2 nitrogen and oxygen atoms in total. The summed E-state index contributed by atoms with van der Waals surface area (Å²) in [5.74, 6) is 0.733. The maximum absolute atomic E-state index is 8.58. The van der Waals surface area contributed by atoms with Gasteiger partial charge in [0.2, 0.25) is 0 Å². The Kier molecular flexibility index (Phi) is 4.33. The predicted molar refractivity (Wildman–Crippen MR) is 51.1 cm³/mol. The van der Waals surface area contributed by atoms with Crippen LogP contribution in [0.4, 0.5) is 0 Å². The smallest absolute Gasteiger partial charge is 0.0465 e. The van der Waals surface area contributed by atoms with Crippen LogP contribution in [-0.4, -0.2) is 36.2 Å². The van der Waals surface area contributed by atoms with Gasteiger partial charge in [0.05, 0.1) is 0 Å². The lowest BCUT2D eigenvalue weighted by Gasteiger charge is -2.10. The average Bonchev–Trinajstić information content (AvgIpc) is 2.53. The standard InChI is InChI=1S/C10H19NO/c1-2-11-7-6-10(9-11)5-3-4-8-12/h3,5,10,12H,2,4,6-9H2,1H3/b5-3-. The molecule has 0 saturated carbocycles. The highest BCUT2D eigenvalue weighted by Gasteiger charge is 2.17. The van der Waals surface area contributed by atoms with Crippen LogP contribution in [0.2, 0.25) is 0 Å². The van der Waals surface area contributed by atoms with Crippen LogP contribution in [0.25, 0.3) is 0 Å². The van der Waals surface area contributed by atoms with Crippen LogP contribution in [0.3, 0.4) is 0 Å². The molecule has 2 heteroatoms. The van der Waals surface area contributed by atoms with Gasteiger partial charge in [0.25, 0.3) is 0 Å². The van der Waals surface area contributed by atoms with Crippen molar-refractivity contribution in [3.05, 3.63) is 12.2 Å². The maximum Gasteiger partial charge on any atom is 0.0465 e. The van der Waals surface area contributed by atoms with Gasteiger partial charge < -0.3 is 10.0 Å². The summed E-state index contributed by atoms with van der Waals surface area (Å²) in [6.45, 7) is 6.11. The van der Waals surface area contributed by atoms with Crippen LogP contribution in [0.5, 0.6) is 0 Å². The summed E-state index contributed by atoms with van der Waals surface area (Å²) in [5, 5.41) is 8.58. The Morgan fingerprint density at radius 2 is 2.42 bits per heavy atom. The molecule has 1 saturated heterocycles. The molecule has 0 aromatic heterocycles. The van der Waals surface area contributed by atoms with Crippen LogP contribution in [-0.2, 0) is 0 Å². The molecule has 0 aromatic carbocycles. The Morgan fingerprint density at radius 3 is 3.00 bits per heavy atom. The summed E-state index contributed by atoms with van der Waals surface area (Å²) >= 11 is 0. The summed E-state index contributed by atoms with van der Waals surface area (Å²) < 4.78 is 0. The summed E-state index contributed by atoms with van der Waals surface area (Å²) in [6.07, 6.45) is 6.45. The Labute approximate surface area is 74.9 Å². The molecule has 0 amide bonds. The first kappa shape index (κ1) is 9.75. The van der Waals surface area contributed by atoms with Gasteiger partial charge in [-0.3, -0.25) is 0 Å². The Balaban J connectivity index is 2.18. The second kappa shape index (κ2) is 5.33. The third-order valence-electron chi connectivity index (χ3n) is 2.46. The first-order valence-electron chi connectivity index (χ1n) is 4.86. The number of aliphatic hydroxyl groups excluding tert-OH is 1. The van der Waals surface area contributed by atoms with Gasteiger partial charge >= 0.3 is 0 Å². The maximum atomic E-state index is 8.58. The molecule has 1 heterocycles. The zero-order valence-corrected chi connectivity index (χ0v) is 7.87. The minimum atomic E-state index is 0.278. The van der Waals surface area contributed by atoms with E-state index in [0.29, 0.717) is 0 Å². The van der Waals surface area contributed by atoms with Crippen molar-refractivity contribution < 1.29 is 5.11 Å². The highest BCUT2D eigenvalue weighted by Crippen LogP contribution is 2.16. The zero-order chi connectivity index (χ0) is 8.81. The average molecular weight is 169 g/mol. The van der Waals surface area contributed by atoms with E-state index >= 15 is 0 Å². The minimum absolute atomic E-state index is 0.278. The van der Waals surface area contributed by atoms with E-state index in [2.05, 4.69) is 24.0 Å². The first-order valence-corrected chi connectivity index (χ1v) is 4.86. The fraction of sp³-hybridized carbons (Fsp3) is 0.800. The summed E-state index contributed by atoms with van der Waals surface area (Å²) in [7, 11) is 0. The number of nitrogens with zero attached hydrogens (tertiary/aromatic N) is 1. The van der Waals surface area contributed by atoms with E-state index in [-0.39, 0.29) is 6.61 Å². The van der Waals surface area contributed by atoms with Crippen LogP contribution in [0.1, 0.15) is 19.8 Å². The van der Waals surface area contributed by atoms with Crippen molar-refractivity contribution in [3.63, 3.8) is 0 Å². The largest absolute Gasteiger partial charge is 0.396 e. The zero-order valence-electron chi connectivity index (χ0n) is 7.87. The van der Waals surface area contributed by atoms with Crippen molar-refractivity contribution >= 4 is 0 Å². The summed E-state index contributed by atoms with van der Waals surface area (Å²) in [6, 6.07) is 0. The molecule has 1 unspecified atom stereocenters. The van der Waals surface area contributed by atoms with Crippen molar-refractivity contribution in [1.29, 1.82) is 0 Å². The van der Waals surface area contributed by atoms with Gasteiger partial charge in [-0.2, -0.15) is 0 Å². The molecule has 0 bridgehead atoms. The van der Waals surface area contributed by atoms with E-state index < -0.39 is 0 Å². The molecule has 1 fully saturated rings. The summed E-state index contributed by atoms with van der Waals surface area (Å²) in [4.78, 5) is 2.47. The van der Waals surface area contributed by atoms with Crippen molar-refractivity contribution in [1.82, 2.24) is 4.90 Å². The van der Waals surface area contributed by atoms with Crippen molar-refractivity contribution in [2.45, 2.75) is 19.8 Å². The van der Waals surface area contributed by atoms with E-state index in [1.54, 1.807) is 0 Å². The van der Waals surface area contributed by atoms with Crippen molar-refractivity contribution in [2.24, 2.45) is 5.92 Å². The van der Waals surface area contributed by atoms with E-state index in [9.17, 15) is 0 Å². The number of hydrogen-bond donors (Lipinski definition) is 1. The number of likely N-dealkylation sites (tertiary alicyclic amines) is 1. The van der Waals surface area contributed by atoms with Crippen molar-refractivity contribution in [2.75, 3.05) is 26.2 Å². The lowest BCUT2D eigenvalue weighted by molar-refractivity contribution is 0.302. The highest BCUT2D eigenvalue weighted by molar-refractivity contribution is 4.93. The van der Waals surface area contributed by atoms with Gasteiger partial charge in [0.15, 0.2) is 0 Å². The number of rotatable bonds is 4. The molecule has 0 aromatic rings. The van der Waals surface area contributed by atoms with Gasteiger partial charge in [0.1, 0.15) is 0 Å². The van der Waals surface area contributed by atoms with Crippen molar-refractivity contribution in [3.8, 4) is 0 Å². The molecule has 1 atom stereocenters. The lowest BCUT2D eigenvalue weighted by Crippen LogP contribution is -2.19. The van der Waals surface area contributed by atoms with Gasteiger partial charge in [0, 0.05) is 13.2 Å². The second-order valence-corrected chi connectivity index (χ2v) is 3.38. The van der Waals surface area contributed by atoms with Gasteiger partial charge in [-0.05, 0) is 31.8 Å². The molecule has 1 rings (SSSR count). The normalized spacial score (nSPS) is 25.7. The van der Waals surface area contributed by atoms with Crippen LogP contribution >= 0.6 is 0 Å². The van der Waals surface area contributed by atoms with Gasteiger partial charge in [-0.1, -0.05) is 19.1 Å². The quantitative estimate of drug-likeness (QED) is 0.641. The molecule has 0 radical (unpaired) electrons. The summed E-state index contributed by atoms with van der Waals surface area (Å²) in [5.41, 5.74) is 0. The first-order chi connectivity index (χ1) is 5.86. The molecule has 12 heavy (non-hydrogen) atoms. The molecular weight excluding hydrogens is 150 g/mol. The van der Waals surface area contributed by atoms with Gasteiger partial charge in [-0.15, -0.1) is 0 Å². The molecule has 70 valence electrons. The monoisotopic (exact) mass is 169 g/mol. The third-order valence-corrected chi connectivity index (χ3v) is 2.46. The second-order valence-electron chi connectivity index (χ2n) is 3.38. The molecule has 1 N–H and O–H groups in total.